The Morgan fingerprint density at radius 2 is 0.643 bits per heavy atom. The molecule has 0 rings (SSSR count). The number of carbonyl (C=O) groups is 2. The van der Waals surface area contributed by atoms with Gasteiger partial charge in [0.05, 0.1) is 27.7 Å². The maximum absolute atomic E-state index is 12.9. The molecule has 0 spiro atoms. The van der Waals surface area contributed by atoms with Gasteiger partial charge in [0, 0.05) is 12.8 Å². The Kier molecular flexibility index (Phi) is 62.9. The van der Waals surface area contributed by atoms with Crippen molar-refractivity contribution in [3.8, 4) is 0 Å². The topological polar surface area (TPSA) is 111 Å². The normalized spacial score (nSPS) is 13.5. The van der Waals surface area contributed by atoms with E-state index in [1.807, 2.05) is 21.1 Å². The molecule has 0 aromatic carbocycles. The molecule has 2 unspecified atom stereocenters. The summed E-state index contributed by atoms with van der Waals surface area (Å²) in [5.41, 5.74) is 0. The summed E-state index contributed by atoms with van der Waals surface area (Å²) in [5.74, 6) is -0.823. The van der Waals surface area contributed by atoms with Gasteiger partial charge in [-0.15, -0.1) is 0 Å². The summed E-state index contributed by atoms with van der Waals surface area (Å²) in [5, 5.41) is 0. The molecular formula is C74H136NO8P. The lowest BCUT2D eigenvalue weighted by Gasteiger charge is -2.28. The average molecular weight is 1200 g/mol. The van der Waals surface area contributed by atoms with Gasteiger partial charge in [-0.25, -0.2) is 0 Å². The minimum absolute atomic E-state index is 0.0317. The number of phosphoric acid groups is 1. The van der Waals surface area contributed by atoms with Gasteiger partial charge in [0.15, 0.2) is 6.10 Å². The Hall–Kier alpha value is -2.55. The van der Waals surface area contributed by atoms with Gasteiger partial charge in [-0.3, -0.25) is 14.2 Å². The highest BCUT2D eigenvalue weighted by molar-refractivity contribution is 7.45. The molecule has 0 aliphatic rings. The number of phosphoric ester groups is 1. The summed E-state index contributed by atoms with van der Waals surface area (Å²) in [6, 6.07) is 0. The third kappa shape index (κ3) is 68.6. The first-order valence-electron chi connectivity index (χ1n) is 35.6. The second-order valence-electron chi connectivity index (χ2n) is 25.2. The molecule has 0 aliphatic carbocycles. The Morgan fingerprint density at radius 3 is 0.952 bits per heavy atom. The van der Waals surface area contributed by atoms with Crippen LogP contribution >= 0.6 is 7.82 Å². The number of likely N-dealkylation sites (N-methyl/N-ethyl adjacent to an activating group) is 1. The smallest absolute Gasteiger partial charge is 0.306 e. The van der Waals surface area contributed by atoms with Crippen LogP contribution in [0, 0.1) is 0 Å². The highest BCUT2D eigenvalue weighted by atomic mass is 31.2. The molecule has 0 amide bonds. The lowest BCUT2D eigenvalue weighted by molar-refractivity contribution is -0.870. The van der Waals surface area contributed by atoms with Crippen molar-refractivity contribution in [3.63, 3.8) is 0 Å². The van der Waals surface area contributed by atoms with Crippen molar-refractivity contribution in [3.05, 3.63) is 72.9 Å². The molecule has 0 aromatic heterocycles. The van der Waals surface area contributed by atoms with Crippen LogP contribution in [0.2, 0.25) is 0 Å². The zero-order valence-corrected chi connectivity index (χ0v) is 56.7. The molecule has 0 aromatic rings. The van der Waals surface area contributed by atoms with E-state index >= 15 is 0 Å². The highest BCUT2D eigenvalue weighted by Crippen LogP contribution is 2.38. The van der Waals surface area contributed by atoms with Gasteiger partial charge in [0.1, 0.15) is 19.8 Å². The van der Waals surface area contributed by atoms with E-state index in [2.05, 4.69) is 86.8 Å². The van der Waals surface area contributed by atoms with Gasteiger partial charge in [-0.2, -0.15) is 0 Å². The van der Waals surface area contributed by atoms with E-state index in [0.29, 0.717) is 17.4 Å². The first-order chi connectivity index (χ1) is 41.0. The van der Waals surface area contributed by atoms with Gasteiger partial charge in [-0.05, 0) is 89.9 Å². The van der Waals surface area contributed by atoms with Crippen molar-refractivity contribution in [1.29, 1.82) is 0 Å². The molecule has 0 heterocycles. The van der Waals surface area contributed by atoms with Crippen LogP contribution in [0.5, 0.6) is 0 Å². The number of rotatable bonds is 66. The number of hydrogen-bond acceptors (Lipinski definition) is 8. The molecule has 0 radical (unpaired) electrons. The van der Waals surface area contributed by atoms with Crippen LogP contribution in [-0.2, 0) is 32.7 Å². The molecule has 10 heteroatoms. The molecule has 0 fully saturated rings. The highest BCUT2D eigenvalue weighted by Gasteiger charge is 2.22. The van der Waals surface area contributed by atoms with E-state index < -0.39 is 26.5 Å². The monoisotopic (exact) mass is 1200 g/mol. The lowest BCUT2D eigenvalue weighted by atomic mass is 10.0. The Bertz CT molecular complexity index is 1650. The summed E-state index contributed by atoms with van der Waals surface area (Å²) >= 11 is 0. The quantitative estimate of drug-likeness (QED) is 0.0195. The summed E-state index contributed by atoms with van der Waals surface area (Å²) in [4.78, 5) is 38.1. The minimum atomic E-state index is -4.64. The van der Waals surface area contributed by atoms with Crippen LogP contribution in [-0.4, -0.2) is 70.0 Å². The number of carbonyl (C=O) groups excluding carboxylic acids is 2. The fourth-order valence-electron chi connectivity index (χ4n) is 10.2. The zero-order valence-electron chi connectivity index (χ0n) is 55.8. The Morgan fingerprint density at radius 1 is 0.369 bits per heavy atom. The van der Waals surface area contributed by atoms with Crippen molar-refractivity contribution in [2.75, 3.05) is 47.5 Å². The number of unbranched alkanes of at least 4 members (excludes halogenated alkanes) is 40. The predicted octanol–water partition coefficient (Wildman–Crippen LogP) is 22.5. The maximum atomic E-state index is 12.9. The van der Waals surface area contributed by atoms with E-state index in [1.165, 1.54) is 238 Å². The summed E-state index contributed by atoms with van der Waals surface area (Å²) < 4.78 is 34.3. The molecule has 0 bridgehead atoms. The average Bonchev–Trinajstić information content (AvgIpc) is 3.61. The van der Waals surface area contributed by atoms with Crippen molar-refractivity contribution >= 4 is 19.8 Å². The largest absolute Gasteiger partial charge is 0.756 e. The van der Waals surface area contributed by atoms with Crippen LogP contribution in [0.3, 0.4) is 0 Å². The van der Waals surface area contributed by atoms with Gasteiger partial charge in [0.25, 0.3) is 7.82 Å². The molecule has 2 atom stereocenters. The fraction of sp³-hybridized carbons (Fsp3) is 0.811. The molecule has 0 aliphatic heterocycles. The third-order valence-corrected chi connectivity index (χ3v) is 16.7. The number of quaternary nitrogens is 1. The van der Waals surface area contributed by atoms with Crippen LogP contribution < -0.4 is 4.89 Å². The SMILES string of the molecule is CCCCCCC/C=C\C/C=C\C/C=C\CCCCCCCCCCCCCCCCCCCCC(=O)OC(COC(=O)CCCCCCCCCCCCCC/C=C\C/C=C\C/C=C\CCCCCCC)COP(=O)([O-])OCC[N+](C)(C)C. The summed E-state index contributed by atoms with van der Waals surface area (Å²) in [6.45, 7) is 4.26. The zero-order chi connectivity index (χ0) is 61.2. The molecular weight excluding hydrogens is 1060 g/mol. The van der Waals surface area contributed by atoms with E-state index in [1.54, 1.807) is 0 Å². The van der Waals surface area contributed by atoms with Crippen LogP contribution in [0.15, 0.2) is 72.9 Å². The van der Waals surface area contributed by atoms with Crippen LogP contribution in [0.1, 0.15) is 335 Å². The Labute approximate surface area is 520 Å². The molecule has 490 valence electrons. The molecule has 84 heavy (non-hydrogen) atoms. The van der Waals surface area contributed by atoms with Gasteiger partial charge in [0.2, 0.25) is 0 Å². The first-order valence-corrected chi connectivity index (χ1v) is 37.1. The first kappa shape index (κ1) is 81.5. The molecule has 0 saturated carbocycles. The van der Waals surface area contributed by atoms with E-state index in [0.717, 1.165) is 64.2 Å². The number of hydrogen-bond donors (Lipinski definition) is 0. The summed E-state index contributed by atoms with van der Waals surface area (Å²) in [6.07, 6.45) is 87.0. The Balaban J connectivity index is 4.03. The number of allylic oxidation sites excluding steroid dienone is 12. The van der Waals surface area contributed by atoms with E-state index in [4.69, 9.17) is 18.5 Å². The van der Waals surface area contributed by atoms with Crippen molar-refractivity contribution < 1.29 is 42.1 Å². The number of ether oxygens (including phenoxy) is 2. The lowest BCUT2D eigenvalue weighted by Crippen LogP contribution is -2.37. The van der Waals surface area contributed by atoms with E-state index in [9.17, 15) is 19.0 Å². The number of nitrogens with zero attached hydrogens (tertiary/aromatic N) is 1. The standard InChI is InChI=1S/C74H136NO8P/c1-6-8-10-12-14-16-18-20-22-24-26-28-30-32-34-35-36-37-38-39-41-43-45-47-49-51-53-55-57-59-61-63-65-67-74(77)83-72(71-82-84(78,79)81-69-68-75(3,4)5)70-80-73(76)66-64-62-60-58-56-54-52-50-48-46-44-42-40-33-31-29-27-25-23-21-19-17-15-13-11-9-7-2/h18-21,24-27,30-33,72H,6-17,22-23,28-29,34-71H2,1-5H3/b20-18-,21-19-,26-24-,27-25-,32-30-,33-31-. The minimum Gasteiger partial charge on any atom is -0.756 e. The van der Waals surface area contributed by atoms with Gasteiger partial charge >= 0.3 is 11.9 Å². The van der Waals surface area contributed by atoms with E-state index in [-0.39, 0.29) is 32.0 Å². The molecule has 9 nitrogen and oxygen atoms in total. The van der Waals surface area contributed by atoms with Crippen LogP contribution in [0.4, 0.5) is 0 Å². The molecule has 0 N–H and O–H groups in total. The second kappa shape index (κ2) is 64.9. The van der Waals surface area contributed by atoms with Crippen molar-refractivity contribution in [2.24, 2.45) is 0 Å². The second-order valence-corrected chi connectivity index (χ2v) is 26.7. The maximum Gasteiger partial charge on any atom is 0.306 e. The summed E-state index contributed by atoms with van der Waals surface area (Å²) in [7, 11) is 1.17. The number of esters is 2. The van der Waals surface area contributed by atoms with Gasteiger partial charge in [-0.1, -0.05) is 305 Å². The van der Waals surface area contributed by atoms with Crippen molar-refractivity contribution in [2.45, 2.75) is 341 Å². The molecule has 0 saturated heterocycles. The third-order valence-electron chi connectivity index (χ3n) is 15.7. The van der Waals surface area contributed by atoms with Crippen molar-refractivity contribution in [1.82, 2.24) is 0 Å². The fourth-order valence-corrected chi connectivity index (χ4v) is 10.9. The van der Waals surface area contributed by atoms with Crippen LogP contribution in [0.25, 0.3) is 0 Å². The van der Waals surface area contributed by atoms with Gasteiger partial charge < -0.3 is 27.9 Å². The predicted molar refractivity (Wildman–Crippen MR) is 360 cm³/mol.